The maximum Gasteiger partial charge on any atom is 0.273 e. The van der Waals surface area contributed by atoms with Crippen molar-refractivity contribution in [2.24, 2.45) is 0 Å². The van der Waals surface area contributed by atoms with E-state index in [1.54, 1.807) is 19.2 Å². The first kappa shape index (κ1) is 15.9. The highest BCUT2D eigenvalue weighted by molar-refractivity contribution is 5.39. The SMILES string of the molecule is COCC(C)N1CCN(Cc2ccccc2[N+](=O)[O-])CC1. The Balaban J connectivity index is 1.91. The van der Waals surface area contributed by atoms with Crippen LogP contribution in [0.4, 0.5) is 5.69 Å². The van der Waals surface area contributed by atoms with Crippen LogP contribution < -0.4 is 0 Å². The molecule has 1 aliphatic rings. The molecule has 1 aromatic rings. The van der Waals surface area contributed by atoms with Gasteiger partial charge in [0.25, 0.3) is 5.69 Å². The maximum absolute atomic E-state index is 11.0. The average molecular weight is 293 g/mol. The van der Waals surface area contributed by atoms with Crippen molar-refractivity contribution in [2.75, 3.05) is 39.9 Å². The molecular formula is C15H23N3O3. The molecule has 21 heavy (non-hydrogen) atoms. The van der Waals surface area contributed by atoms with Gasteiger partial charge < -0.3 is 4.74 Å². The van der Waals surface area contributed by atoms with Crippen LogP contribution in [-0.2, 0) is 11.3 Å². The molecule has 0 amide bonds. The lowest BCUT2D eigenvalue weighted by molar-refractivity contribution is -0.385. The van der Waals surface area contributed by atoms with Gasteiger partial charge in [-0.3, -0.25) is 19.9 Å². The zero-order valence-corrected chi connectivity index (χ0v) is 12.7. The van der Waals surface area contributed by atoms with Gasteiger partial charge in [-0.15, -0.1) is 0 Å². The molecule has 1 heterocycles. The van der Waals surface area contributed by atoms with E-state index in [0.717, 1.165) is 38.3 Å². The molecule has 0 spiro atoms. The maximum atomic E-state index is 11.0. The summed E-state index contributed by atoms with van der Waals surface area (Å²) >= 11 is 0. The molecule has 6 heteroatoms. The molecule has 1 aliphatic heterocycles. The van der Waals surface area contributed by atoms with Crippen molar-refractivity contribution in [3.63, 3.8) is 0 Å². The molecule has 1 saturated heterocycles. The number of para-hydroxylation sites is 1. The lowest BCUT2D eigenvalue weighted by Gasteiger charge is -2.37. The number of methoxy groups -OCH3 is 1. The zero-order valence-electron chi connectivity index (χ0n) is 12.7. The summed E-state index contributed by atoms with van der Waals surface area (Å²) in [6.07, 6.45) is 0. The van der Waals surface area contributed by atoms with Crippen LogP contribution in [0.3, 0.4) is 0 Å². The predicted octanol–water partition coefficient (Wildman–Crippen LogP) is 1.75. The van der Waals surface area contributed by atoms with Crippen LogP contribution in [0.2, 0.25) is 0 Å². The second kappa shape index (κ2) is 7.49. The van der Waals surface area contributed by atoms with Gasteiger partial charge in [0.15, 0.2) is 0 Å². The van der Waals surface area contributed by atoms with E-state index in [2.05, 4.69) is 16.7 Å². The lowest BCUT2D eigenvalue weighted by atomic mass is 10.1. The van der Waals surface area contributed by atoms with Crippen molar-refractivity contribution in [3.05, 3.63) is 39.9 Å². The number of nitrogens with zero attached hydrogens (tertiary/aromatic N) is 3. The topological polar surface area (TPSA) is 58.8 Å². The summed E-state index contributed by atoms with van der Waals surface area (Å²) in [5.41, 5.74) is 1.01. The molecule has 1 unspecified atom stereocenters. The normalized spacial score (nSPS) is 18.6. The second-order valence-electron chi connectivity index (χ2n) is 5.50. The van der Waals surface area contributed by atoms with Crippen LogP contribution in [-0.4, -0.2) is 60.7 Å². The summed E-state index contributed by atoms with van der Waals surface area (Å²) in [5.74, 6) is 0. The Kier molecular flexibility index (Phi) is 5.67. The molecule has 0 aromatic heterocycles. The third-order valence-electron chi connectivity index (χ3n) is 4.02. The molecule has 0 N–H and O–H groups in total. The Morgan fingerprint density at radius 1 is 1.29 bits per heavy atom. The number of hydrogen-bond donors (Lipinski definition) is 0. The van der Waals surface area contributed by atoms with Crippen molar-refractivity contribution >= 4 is 5.69 Å². The average Bonchev–Trinajstić information content (AvgIpc) is 2.48. The Hall–Kier alpha value is -1.50. The minimum absolute atomic E-state index is 0.215. The molecule has 0 bridgehead atoms. The van der Waals surface area contributed by atoms with E-state index >= 15 is 0 Å². The fraction of sp³-hybridized carbons (Fsp3) is 0.600. The van der Waals surface area contributed by atoms with Crippen LogP contribution in [0.15, 0.2) is 24.3 Å². The fourth-order valence-electron chi connectivity index (χ4n) is 2.77. The van der Waals surface area contributed by atoms with Gasteiger partial charge in [-0.05, 0) is 6.92 Å². The van der Waals surface area contributed by atoms with Crippen LogP contribution in [0.1, 0.15) is 12.5 Å². The standard InChI is InChI=1S/C15H23N3O3/c1-13(12-21-2)17-9-7-16(8-10-17)11-14-5-3-4-6-15(14)18(19)20/h3-6,13H,7-12H2,1-2H3. The van der Waals surface area contributed by atoms with E-state index in [1.165, 1.54) is 0 Å². The number of rotatable bonds is 6. The largest absolute Gasteiger partial charge is 0.383 e. The van der Waals surface area contributed by atoms with E-state index < -0.39 is 0 Å². The third-order valence-corrected chi connectivity index (χ3v) is 4.02. The monoisotopic (exact) mass is 293 g/mol. The highest BCUT2D eigenvalue weighted by Gasteiger charge is 2.22. The van der Waals surface area contributed by atoms with Crippen LogP contribution >= 0.6 is 0 Å². The molecule has 0 radical (unpaired) electrons. The highest BCUT2D eigenvalue weighted by Crippen LogP contribution is 2.20. The third kappa shape index (κ3) is 4.23. The molecule has 116 valence electrons. The van der Waals surface area contributed by atoms with Gasteiger partial charge in [0.2, 0.25) is 0 Å². The van der Waals surface area contributed by atoms with Gasteiger partial charge in [-0.1, -0.05) is 18.2 Å². The van der Waals surface area contributed by atoms with E-state index in [9.17, 15) is 10.1 Å². The molecule has 1 aromatic carbocycles. The van der Waals surface area contributed by atoms with Crippen molar-refractivity contribution < 1.29 is 9.66 Å². The molecule has 2 rings (SSSR count). The van der Waals surface area contributed by atoms with E-state index in [4.69, 9.17) is 4.74 Å². The summed E-state index contributed by atoms with van der Waals surface area (Å²) in [5, 5.41) is 11.0. The lowest BCUT2D eigenvalue weighted by Crippen LogP contribution is -2.50. The Labute approximate surface area is 125 Å². The molecule has 6 nitrogen and oxygen atoms in total. The summed E-state index contributed by atoms with van der Waals surface area (Å²) < 4.78 is 5.19. The van der Waals surface area contributed by atoms with Crippen molar-refractivity contribution in [1.29, 1.82) is 0 Å². The van der Waals surface area contributed by atoms with E-state index in [-0.39, 0.29) is 10.6 Å². The van der Waals surface area contributed by atoms with Crippen molar-refractivity contribution in [3.8, 4) is 0 Å². The van der Waals surface area contributed by atoms with Crippen LogP contribution in [0.5, 0.6) is 0 Å². The Bertz CT molecular complexity index is 473. The Morgan fingerprint density at radius 2 is 1.95 bits per heavy atom. The smallest absolute Gasteiger partial charge is 0.273 e. The van der Waals surface area contributed by atoms with E-state index in [1.807, 2.05) is 12.1 Å². The fourth-order valence-corrected chi connectivity index (χ4v) is 2.77. The van der Waals surface area contributed by atoms with Crippen LogP contribution in [0.25, 0.3) is 0 Å². The summed E-state index contributed by atoms with van der Waals surface area (Å²) in [6.45, 7) is 7.37. The number of ether oxygens (including phenoxy) is 1. The van der Waals surface area contributed by atoms with Crippen molar-refractivity contribution in [1.82, 2.24) is 9.80 Å². The number of nitro groups is 1. The molecule has 0 saturated carbocycles. The first-order chi connectivity index (χ1) is 10.1. The van der Waals surface area contributed by atoms with Gasteiger partial charge >= 0.3 is 0 Å². The van der Waals surface area contributed by atoms with Gasteiger partial charge in [0, 0.05) is 57.5 Å². The van der Waals surface area contributed by atoms with Gasteiger partial charge in [0.05, 0.1) is 11.5 Å². The number of hydrogen-bond acceptors (Lipinski definition) is 5. The van der Waals surface area contributed by atoms with Crippen molar-refractivity contribution in [2.45, 2.75) is 19.5 Å². The van der Waals surface area contributed by atoms with Gasteiger partial charge in [0.1, 0.15) is 0 Å². The summed E-state index contributed by atoms with van der Waals surface area (Å²) in [4.78, 5) is 15.4. The number of nitro benzene ring substituents is 1. The second-order valence-corrected chi connectivity index (χ2v) is 5.50. The zero-order chi connectivity index (χ0) is 15.2. The first-order valence-electron chi connectivity index (χ1n) is 7.29. The first-order valence-corrected chi connectivity index (χ1v) is 7.29. The summed E-state index contributed by atoms with van der Waals surface area (Å²) in [6, 6.07) is 7.42. The minimum Gasteiger partial charge on any atom is -0.383 e. The molecule has 1 fully saturated rings. The molecule has 1 atom stereocenters. The summed E-state index contributed by atoms with van der Waals surface area (Å²) in [7, 11) is 1.72. The minimum atomic E-state index is -0.299. The van der Waals surface area contributed by atoms with Gasteiger partial charge in [-0.2, -0.15) is 0 Å². The molecule has 0 aliphatic carbocycles. The predicted molar refractivity (Wildman–Crippen MR) is 81.3 cm³/mol. The van der Waals surface area contributed by atoms with Gasteiger partial charge in [-0.25, -0.2) is 0 Å². The highest BCUT2D eigenvalue weighted by atomic mass is 16.6. The number of benzene rings is 1. The Morgan fingerprint density at radius 3 is 2.57 bits per heavy atom. The van der Waals surface area contributed by atoms with Crippen LogP contribution in [0, 0.1) is 10.1 Å². The quantitative estimate of drug-likeness (QED) is 0.591. The number of piperazine rings is 1. The molecular weight excluding hydrogens is 270 g/mol. The van der Waals surface area contributed by atoms with E-state index in [0.29, 0.717) is 12.6 Å².